The number of hydrogen-bond donors (Lipinski definition) is 1. The number of carboxylic acid groups (broad SMARTS) is 1. The molecule has 1 N–H and O–H groups in total. The van der Waals surface area contributed by atoms with E-state index in [2.05, 4.69) is 0 Å². The van der Waals surface area contributed by atoms with Crippen LogP contribution in [-0.4, -0.2) is 11.1 Å². The molecule has 0 aliphatic heterocycles. The van der Waals surface area contributed by atoms with Crippen molar-refractivity contribution in [1.29, 1.82) is 0 Å². The molecule has 0 saturated heterocycles. The average molecular weight is 248 g/mol. The fourth-order valence-corrected chi connectivity index (χ4v) is 5.28. The molecule has 0 unspecified atom stereocenters. The zero-order valence-corrected chi connectivity index (χ0v) is 11.3. The molecule has 4 saturated carbocycles. The van der Waals surface area contributed by atoms with Crippen LogP contribution in [-0.2, 0) is 4.79 Å². The molecule has 4 aliphatic carbocycles. The second-order valence-electron chi connectivity index (χ2n) is 7.15. The summed E-state index contributed by atoms with van der Waals surface area (Å²) >= 11 is 0. The molecule has 2 nitrogen and oxygen atoms in total. The predicted octanol–water partition coefficient (Wildman–Crippen LogP) is 4.01. The molecule has 0 aromatic carbocycles. The van der Waals surface area contributed by atoms with Gasteiger partial charge in [-0.05, 0) is 81.5 Å². The molecule has 0 amide bonds. The van der Waals surface area contributed by atoms with Gasteiger partial charge in [-0.1, -0.05) is 6.08 Å². The Morgan fingerprint density at radius 3 is 2.11 bits per heavy atom. The zero-order valence-electron chi connectivity index (χ0n) is 11.3. The molecular formula is C16H24O2. The normalized spacial score (nSPS) is 42.3. The van der Waals surface area contributed by atoms with Crippen LogP contribution in [0.3, 0.4) is 0 Å². The summed E-state index contributed by atoms with van der Waals surface area (Å²) in [5.74, 6) is 2.24. The van der Waals surface area contributed by atoms with Crippen LogP contribution in [0, 0.1) is 23.2 Å². The van der Waals surface area contributed by atoms with Crippen LogP contribution < -0.4 is 0 Å². The van der Waals surface area contributed by atoms with Gasteiger partial charge in [-0.15, -0.1) is 0 Å². The molecule has 0 heterocycles. The SMILES string of the molecule is C/C(=C\CCC12CC3CC(CC(C3)C1)C2)C(=O)O. The second kappa shape index (κ2) is 4.40. The lowest BCUT2D eigenvalue weighted by molar-refractivity contribution is -0.132. The molecule has 2 heteroatoms. The van der Waals surface area contributed by atoms with E-state index in [4.69, 9.17) is 5.11 Å². The Bertz CT molecular complexity index is 345. The molecule has 0 aromatic rings. The summed E-state index contributed by atoms with van der Waals surface area (Å²) in [5, 5.41) is 8.87. The first-order valence-electron chi connectivity index (χ1n) is 7.46. The number of rotatable bonds is 4. The number of aliphatic carboxylic acids is 1. The van der Waals surface area contributed by atoms with Crippen molar-refractivity contribution in [2.24, 2.45) is 23.2 Å². The predicted molar refractivity (Wildman–Crippen MR) is 71.2 cm³/mol. The van der Waals surface area contributed by atoms with Gasteiger partial charge >= 0.3 is 5.97 Å². The number of allylic oxidation sites excluding steroid dienone is 1. The summed E-state index contributed by atoms with van der Waals surface area (Å²) in [6, 6.07) is 0. The Balaban J connectivity index is 1.62. The number of carbonyl (C=O) groups is 1. The minimum atomic E-state index is -0.763. The molecule has 100 valence electrons. The first-order valence-corrected chi connectivity index (χ1v) is 7.46. The van der Waals surface area contributed by atoms with Gasteiger partial charge in [0, 0.05) is 5.57 Å². The summed E-state index contributed by atoms with van der Waals surface area (Å²) in [7, 11) is 0. The third-order valence-electron chi connectivity index (χ3n) is 5.63. The standard InChI is InChI=1S/C16H24O2/c1-11(15(17)18)3-2-4-16-8-12-5-13(9-16)7-14(6-12)10-16/h3,12-14H,2,4-10H2,1H3,(H,17,18)/b11-3+. The van der Waals surface area contributed by atoms with E-state index < -0.39 is 5.97 Å². The molecule has 0 atom stereocenters. The molecular weight excluding hydrogens is 224 g/mol. The van der Waals surface area contributed by atoms with Crippen molar-refractivity contribution in [3.63, 3.8) is 0 Å². The smallest absolute Gasteiger partial charge is 0.330 e. The molecule has 0 spiro atoms. The van der Waals surface area contributed by atoms with E-state index in [9.17, 15) is 4.79 Å². The Hall–Kier alpha value is -0.790. The van der Waals surface area contributed by atoms with E-state index in [1.807, 2.05) is 6.08 Å². The van der Waals surface area contributed by atoms with Crippen molar-refractivity contribution in [1.82, 2.24) is 0 Å². The van der Waals surface area contributed by atoms with Crippen molar-refractivity contribution in [3.05, 3.63) is 11.6 Å². The Kier molecular flexibility index (Phi) is 2.99. The van der Waals surface area contributed by atoms with Crippen molar-refractivity contribution >= 4 is 5.97 Å². The first-order chi connectivity index (χ1) is 8.56. The maximum Gasteiger partial charge on any atom is 0.330 e. The topological polar surface area (TPSA) is 37.3 Å². The van der Waals surface area contributed by atoms with Crippen molar-refractivity contribution in [2.45, 2.75) is 58.3 Å². The van der Waals surface area contributed by atoms with E-state index in [-0.39, 0.29) is 0 Å². The van der Waals surface area contributed by atoms with Crippen LogP contribution >= 0.6 is 0 Å². The highest BCUT2D eigenvalue weighted by molar-refractivity contribution is 5.85. The molecule has 0 aromatic heterocycles. The van der Waals surface area contributed by atoms with Gasteiger partial charge in [-0.2, -0.15) is 0 Å². The van der Waals surface area contributed by atoms with Gasteiger partial charge < -0.3 is 5.11 Å². The Morgan fingerprint density at radius 1 is 1.17 bits per heavy atom. The summed E-state index contributed by atoms with van der Waals surface area (Å²) in [5.41, 5.74) is 1.10. The maximum absolute atomic E-state index is 10.8. The van der Waals surface area contributed by atoms with Crippen LogP contribution in [0.15, 0.2) is 11.6 Å². The van der Waals surface area contributed by atoms with Crippen molar-refractivity contribution in [3.8, 4) is 0 Å². The summed E-state index contributed by atoms with van der Waals surface area (Å²) < 4.78 is 0. The van der Waals surface area contributed by atoms with Crippen LogP contribution in [0.25, 0.3) is 0 Å². The summed E-state index contributed by atoms with van der Waals surface area (Å²) in [4.78, 5) is 10.8. The monoisotopic (exact) mass is 248 g/mol. The lowest BCUT2D eigenvalue weighted by Crippen LogP contribution is -2.45. The minimum Gasteiger partial charge on any atom is -0.478 e. The minimum absolute atomic E-state index is 0.514. The van der Waals surface area contributed by atoms with Crippen LogP contribution in [0.2, 0.25) is 0 Å². The van der Waals surface area contributed by atoms with E-state index >= 15 is 0 Å². The fraction of sp³-hybridized carbons (Fsp3) is 0.812. The van der Waals surface area contributed by atoms with Crippen molar-refractivity contribution in [2.75, 3.05) is 0 Å². The summed E-state index contributed by atoms with van der Waals surface area (Å²) in [6.45, 7) is 1.71. The highest BCUT2D eigenvalue weighted by Gasteiger charge is 2.50. The van der Waals surface area contributed by atoms with Gasteiger partial charge in [0.05, 0.1) is 0 Å². The van der Waals surface area contributed by atoms with Gasteiger partial charge in [0.25, 0.3) is 0 Å². The van der Waals surface area contributed by atoms with Crippen LogP contribution in [0.5, 0.6) is 0 Å². The van der Waals surface area contributed by atoms with E-state index in [0.717, 1.165) is 24.2 Å². The quantitative estimate of drug-likeness (QED) is 0.763. The van der Waals surface area contributed by atoms with E-state index in [1.54, 1.807) is 6.92 Å². The van der Waals surface area contributed by atoms with Gasteiger partial charge in [0.2, 0.25) is 0 Å². The maximum atomic E-state index is 10.8. The average Bonchev–Trinajstić information content (AvgIpc) is 2.26. The molecule has 18 heavy (non-hydrogen) atoms. The van der Waals surface area contributed by atoms with Gasteiger partial charge in [-0.3, -0.25) is 0 Å². The zero-order chi connectivity index (χ0) is 12.8. The van der Waals surface area contributed by atoms with Gasteiger partial charge in [-0.25, -0.2) is 4.79 Å². The van der Waals surface area contributed by atoms with Crippen LogP contribution in [0.4, 0.5) is 0 Å². The third kappa shape index (κ3) is 2.22. The number of hydrogen-bond acceptors (Lipinski definition) is 1. The number of carboxylic acids is 1. The largest absolute Gasteiger partial charge is 0.478 e. The highest BCUT2D eigenvalue weighted by atomic mass is 16.4. The molecule has 4 aliphatic rings. The molecule has 4 bridgehead atoms. The Morgan fingerprint density at radius 2 is 1.67 bits per heavy atom. The second-order valence-corrected chi connectivity index (χ2v) is 7.15. The molecule has 4 rings (SSSR count). The van der Waals surface area contributed by atoms with E-state index in [0.29, 0.717) is 11.0 Å². The fourth-order valence-electron chi connectivity index (χ4n) is 5.28. The molecule has 4 fully saturated rings. The summed E-state index contributed by atoms with van der Waals surface area (Å²) in [6.07, 6.45) is 12.9. The lowest BCUT2D eigenvalue weighted by Gasteiger charge is -2.57. The van der Waals surface area contributed by atoms with Gasteiger partial charge in [0.15, 0.2) is 0 Å². The van der Waals surface area contributed by atoms with Gasteiger partial charge in [0.1, 0.15) is 0 Å². The van der Waals surface area contributed by atoms with Crippen molar-refractivity contribution < 1.29 is 9.90 Å². The molecule has 0 radical (unpaired) electrons. The third-order valence-corrected chi connectivity index (χ3v) is 5.63. The van der Waals surface area contributed by atoms with E-state index in [1.165, 1.54) is 44.9 Å². The lowest BCUT2D eigenvalue weighted by atomic mass is 9.48. The highest BCUT2D eigenvalue weighted by Crippen LogP contribution is 2.61. The first kappa shape index (κ1) is 12.3. The van der Waals surface area contributed by atoms with Crippen LogP contribution in [0.1, 0.15) is 58.3 Å². The Labute approximate surface area is 109 Å².